The molecule has 4 N–H and O–H groups in total. The van der Waals surface area contributed by atoms with E-state index in [0.717, 1.165) is 24.8 Å². The van der Waals surface area contributed by atoms with Gasteiger partial charge in [-0.05, 0) is 43.9 Å². The van der Waals surface area contributed by atoms with Crippen molar-refractivity contribution in [2.24, 2.45) is 5.73 Å². The minimum absolute atomic E-state index is 0.121. The summed E-state index contributed by atoms with van der Waals surface area (Å²) < 4.78 is 0. The molecule has 0 spiro atoms. The molecule has 0 aliphatic heterocycles. The fourth-order valence-corrected chi connectivity index (χ4v) is 2.52. The van der Waals surface area contributed by atoms with Gasteiger partial charge in [-0.25, -0.2) is 0 Å². The highest BCUT2D eigenvalue weighted by molar-refractivity contribution is 5.50. The molecule has 3 nitrogen and oxygen atoms in total. The van der Waals surface area contributed by atoms with Crippen LogP contribution in [0.1, 0.15) is 43.2 Å². The molecule has 0 radical (unpaired) electrons. The third-order valence-corrected chi connectivity index (χ3v) is 3.37. The summed E-state index contributed by atoms with van der Waals surface area (Å²) in [7, 11) is 0. The van der Waals surface area contributed by atoms with Gasteiger partial charge in [0.05, 0.1) is 0 Å². The Morgan fingerprint density at radius 3 is 2.47 bits per heavy atom. The van der Waals surface area contributed by atoms with Gasteiger partial charge in [0, 0.05) is 18.0 Å². The average Bonchev–Trinajstić information content (AvgIpc) is 2.28. The van der Waals surface area contributed by atoms with Gasteiger partial charge in [-0.1, -0.05) is 11.6 Å². The Labute approximate surface area is 102 Å². The number of allylic oxidation sites excluding steroid dienone is 2. The average molecular weight is 233 g/mol. The number of aromatic hydroxyl groups is 2. The number of nitrogens with two attached hydrogens (primary N) is 1. The van der Waals surface area contributed by atoms with Gasteiger partial charge in [0.15, 0.2) is 0 Å². The molecule has 0 amide bonds. The van der Waals surface area contributed by atoms with Gasteiger partial charge >= 0.3 is 0 Å². The molecule has 0 bridgehead atoms. The summed E-state index contributed by atoms with van der Waals surface area (Å²) in [5.41, 5.74) is 8.22. The molecule has 1 unspecified atom stereocenters. The molecular weight excluding hydrogens is 214 g/mol. The van der Waals surface area contributed by atoms with E-state index in [9.17, 15) is 10.2 Å². The lowest BCUT2D eigenvalue weighted by atomic mass is 9.85. The van der Waals surface area contributed by atoms with E-state index < -0.39 is 0 Å². The van der Waals surface area contributed by atoms with Crippen molar-refractivity contribution >= 4 is 0 Å². The van der Waals surface area contributed by atoms with E-state index in [-0.39, 0.29) is 17.4 Å². The third kappa shape index (κ3) is 2.44. The lowest BCUT2D eigenvalue weighted by Crippen LogP contribution is -2.04. The SMILES string of the molecule is CC1=CC(c2c(O)cc(CN)cc2O)CCC1. The van der Waals surface area contributed by atoms with Crippen LogP contribution in [0.2, 0.25) is 0 Å². The number of phenolic OH excluding ortho intramolecular Hbond substituents is 2. The molecule has 92 valence electrons. The first-order valence-corrected chi connectivity index (χ1v) is 6.04. The zero-order valence-corrected chi connectivity index (χ0v) is 10.1. The molecule has 17 heavy (non-hydrogen) atoms. The van der Waals surface area contributed by atoms with E-state index >= 15 is 0 Å². The second kappa shape index (κ2) is 4.80. The number of hydrogen-bond donors (Lipinski definition) is 3. The topological polar surface area (TPSA) is 66.5 Å². The van der Waals surface area contributed by atoms with Gasteiger partial charge < -0.3 is 15.9 Å². The van der Waals surface area contributed by atoms with Crippen molar-refractivity contribution in [3.8, 4) is 11.5 Å². The van der Waals surface area contributed by atoms with Crippen LogP contribution in [0.15, 0.2) is 23.8 Å². The van der Waals surface area contributed by atoms with Crippen molar-refractivity contribution in [1.29, 1.82) is 0 Å². The van der Waals surface area contributed by atoms with E-state index in [1.807, 2.05) is 0 Å². The molecule has 1 atom stereocenters. The largest absolute Gasteiger partial charge is 0.507 e. The lowest BCUT2D eigenvalue weighted by Gasteiger charge is -2.22. The predicted octanol–water partition coefficient (Wildman–Crippen LogP) is 2.77. The first-order valence-electron chi connectivity index (χ1n) is 6.04. The molecule has 0 saturated carbocycles. The molecule has 0 aromatic heterocycles. The van der Waals surface area contributed by atoms with Crippen LogP contribution in [0.25, 0.3) is 0 Å². The van der Waals surface area contributed by atoms with E-state index in [1.54, 1.807) is 12.1 Å². The van der Waals surface area contributed by atoms with E-state index in [0.29, 0.717) is 12.1 Å². The van der Waals surface area contributed by atoms with Crippen molar-refractivity contribution in [2.45, 2.75) is 38.6 Å². The molecule has 0 saturated heterocycles. The van der Waals surface area contributed by atoms with Gasteiger partial charge in [-0.15, -0.1) is 0 Å². The number of benzene rings is 1. The molecule has 1 aliphatic rings. The maximum atomic E-state index is 10.00. The van der Waals surface area contributed by atoms with E-state index in [2.05, 4.69) is 13.0 Å². The Morgan fingerprint density at radius 2 is 1.94 bits per heavy atom. The zero-order valence-electron chi connectivity index (χ0n) is 10.1. The highest BCUT2D eigenvalue weighted by atomic mass is 16.3. The van der Waals surface area contributed by atoms with Crippen molar-refractivity contribution in [3.63, 3.8) is 0 Å². The molecule has 1 aliphatic carbocycles. The van der Waals surface area contributed by atoms with Crippen LogP contribution < -0.4 is 5.73 Å². The molecule has 1 aromatic carbocycles. The minimum atomic E-state index is 0.121. The van der Waals surface area contributed by atoms with Crippen molar-refractivity contribution in [2.75, 3.05) is 0 Å². The van der Waals surface area contributed by atoms with Crippen LogP contribution in [-0.2, 0) is 6.54 Å². The highest BCUT2D eigenvalue weighted by Crippen LogP contribution is 2.41. The smallest absolute Gasteiger partial charge is 0.123 e. The predicted molar refractivity (Wildman–Crippen MR) is 68.0 cm³/mol. The van der Waals surface area contributed by atoms with E-state index in [4.69, 9.17) is 5.73 Å². The van der Waals surface area contributed by atoms with Crippen LogP contribution in [0.5, 0.6) is 11.5 Å². The molecular formula is C14H19NO2. The van der Waals surface area contributed by atoms with E-state index in [1.165, 1.54) is 5.57 Å². The summed E-state index contributed by atoms with van der Waals surface area (Å²) >= 11 is 0. The summed E-state index contributed by atoms with van der Waals surface area (Å²) in [5.74, 6) is 0.429. The van der Waals surface area contributed by atoms with Crippen LogP contribution in [0.3, 0.4) is 0 Å². The summed E-state index contributed by atoms with van der Waals surface area (Å²) in [5, 5.41) is 20.0. The molecule has 3 heteroatoms. The van der Waals surface area contributed by atoms with Gasteiger partial charge in [0.25, 0.3) is 0 Å². The fourth-order valence-electron chi connectivity index (χ4n) is 2.52. The summed E-state index contributed by atoms with van der Waals surface area (Å²) in [6, 6.07) is 3.29. The van der Waals surface area contributed by atoms with Crippen LogP contribution in [0, 0.1) is 0 Å². The second-order valence-electron chi connectivity index (χ2n) is 4.76. The summed E-state index contributed by atoms with van der Waals surface area (Å²) in [6.45, 7) is 2.41. The Hall–Kier alpha value is -1.48. The fraction of sp³-hybridized carbons (Fsp3) is 0.429. The minimum Gasteiger partial charge on any atom is -0.507 e. The Morgan fingerprint density at radius 1 is 1.29 bits per heavy atom. The summed E-state index contributed by atoms with van der Waals surface area (Å²) in [6.07, 6.45) is 5.32. The van der Waals surface area contributed by atoms with Crippen LogP contribution >= 0.6 is 0 Å². The lowest BCUT2D eigenvalue weighted by molar-refractivity contribution is 0.427. The van der Waals surface area contributed by atoms with Crippen molar-refractivity contribution in [1.82, 2.24) is 0 Å². The maximum Gasteiger partial charge on any atom is 0.123 e. The summed E-state index contributed by atoms with van der Waals surface area (Å²) in [4.78, 5) is 0. The van der Waals surface area contributed by atoms with Crippen molar-refractivity contribution in [3.05, 3.63) is 34.9 Å². The van der Waals surface area contributed by atoms with Crippen LogP contribution in [0.4, 0.5) is 0 Å². The van der Waals surface area contributed by atoms with Gasteiger partial charge in [0.2, 0.25) is 0 Å². The molecule has 2 rings (SSSR count). The normalized spacial score (nSPS) is 20.1. The molecule has 0 heterocycles. The number of rotatable bonds is 2. The molecule has 1 aromatic rings. The number of phenols is 2. The van der Waals surface area contributed by atoms with Gasteiger partial charge in [0.1, 0.15) is 11.5 Å². The van der Waals surface area contributed by atoms with Crippen LogP contribution in [-0.4, -0.2) is 10.2 Å². The highest BCUT2D eigenvalue weighted by Gasteiger charge is 2.20. The third-order valence-electron chi connectivity index (χ3n) is 3.37. The number of hydrogen-bond acceptors (Lipinski definition) is 3. The Bertz CT molecular complexity index is 429. The van der Waals surface area contributed by atoms with Crippen molar-refractivity contribution < 1.29 is 10.2 Å². The first kappa shape index (κ1) is 12.0. The van der Waals surface area contributed by atoms with Gasteiger partial charge in [-0.2, -0.15) is 0 Å². The molecule has 0 fully saturated rings. The Kier molecular flexibility index (Phi) is 3.38. The maximum absolute atomic E-state index is 10.00. The zero-order chi connectivity index (χ0) is 12.4. The monoisotopic (exact) mass is 233 g/mol. The first-order chi connectivity index (χ1) is 8.11. The van der Waals surface area contributed by atoms with Gasteiger partial charge in [-0.3, -0.25) is 0 Å². The second-order valence-corrected chi connectivity index (χ2v) is 4.76. The Balaban J connectivity index is 2.41. The standard InChI is InChI=1S/C14H19NO2/c1-9-3-2-4-11(5-9)14-12(16)6-10(8-15)7-13(14)17/h5-7,11,16-17H,2-4,8,15H2,1H3. The quantitative estimate of drug-likeness (QED) is 0.688.